The van der Waals surface area contributed by atoms with Crippen LogP contribution in [0.15, 0.2) is 48.6 Å². The summed E-state index contributed by atoms with van der Waals surface area (Å²) in [5.74, 6) is -3.98. The number of carbonyl (C=O) groups is 5. The SMILES string of the molecule is CC(C)(C)OC(=O)N[C@H]1CCCCC/C=C\[C@H]2C[C@@]2(C(=O)NS(=O)(=O)Cc2ccc(Cl)c(Cl)c2)NC(=O)[C@@H]2C[C@@H](OC(=O)N3Cc4cccc(F)c4C3)CN2C1=O. The summed E-state index contributed by atoms with van der Waals surface area (Å²) in [6.07, 6.45) is 3.74. The second kappa shape index (κ2) is 16.8. The molecule has 0 unspecified atom stereocenters. The Labute approximate surface area is 340 Å². The van der Waals surface area contributed by atoms with Crippen molar-refractivity contribution in [1.29, 1.82) is 0 Å². The Morgan fingerprint density at radius 2 is 1.82 bits per heavy atom. The van der Waals surface area contributed by atoms with Gasteiger partial charge in [-0.2, -0.15) is 0 Å². The second-order valence-electron chi connectivity index (χ2n) is 16.0. The fourth-order valence-electron chi connectivity index (χ4n) is 7.46. The summed E-state index contributed by atoms with van der Waals surface area (Å²) in [7, 11) is -4.30. The number of allylic oxidation sites excluding steroid dienone is 1. The van der Waals surface area contributed by atoms with Gasteiger partial charge in [-0.05, 0) is 75.8 Å². The molecule has 3 N–H and O–H groups in total. The normalized spacial score (nSPS) is 25.8. The molecule has 0 spiro atoms. The Balaban J connectivity index is 1.25. The van der Waals surface area contributed by atoms with Gasteiger partial charge in [-0.3, -0.25) is 24.0 Å². The van der Waals surface area contributed by atoms with Crippen LogP contribution in [0.1, 0.15) is 82.4 Å². The van der Waals surface area contributed by atoms with Crippen molar-refractivity contribution in [2.45, 2.75) is 114 Å². The molecule has 2 aromatic rings. The lowest BCUT2D eigenvalue weighted by atomic mass is 10.0. The molecule has 4 aliphatic rings. The molecule has 5 atom stereocenters. The number of amides is 5. The third-order valence-corrected chi connectivity index (χ3v) is 12.3. The summed E-state index contributed by atoms with van der Waals surface area (Å²) in [5, 5.41) is 5.79. The highest BCUT2D eigenvalue weighted by Crippen LogP contribution is 2.46. The van der Waals surface area contributed by atoms with Gasteiger partial charge >= 0.3 is 12.2 Å². The Morgan fingerprint density at radius 3 is 2.54 bits per heavy atom. The lowest BCUT2D eigenvalue weighted by Gasteiger charge is -2.30. The van der Waals surface area contributed by atoms with Crippen LogP contribution < -0.4 is 15.4 Å². The molecule has 6 rings (SSSR count). The number of rotatable bonds is 6. The van der Waals surface area contributed by atoms with Crippen molar-refractivity contribution < 1.29 is 46.3 Å². The molecule has 5 amide bonds. The third-order valence-electron chi connectivity index (χ3n) is 10.4. The Morgan fingerprint density at radius 1 is 1.05 bits per heavy atom. The number of carbonyl (C=O) groups excluding carboxylic acids is 5. The van der Waals surface area contributed by atoms with Gasteiger partial charge < -0.3 is 25.0 Å². The van der Waals surface area contributed by atoms with Gasteiger partial charge in [-0.1, -0.05) is 66.4 Å². The van der Waals surface area contributed by atoms with E-state index in [2.05, 4.69) is 15.4 Å². The van der Waals surface area contributed by atoms with E-state index in [9.17, 15) is 36.8 Å². The zero-order valence-corrected chi connectivity index (χ0v) is 34.1. The molecule has 0 bridgehead atoms. The van der Waals surface area contributed by atoms with Crippen LogP contribution in [0.5, 0.6) is 0 Å². The zero-order valence-electron chi connectivity index (χ0n) is 31.8. The van der Waals surface area contributed by atoms with Gasteiger partial charge in [0.25, 0.3) is 5.91 Å². The number of fused-ring (bicyclic) bond motifs is 3. The number of sulfonamides is 1. The molecule has 57 heavy (non-hydrogen) atoms. The van der Waals surface area contributed by atoms with Crippen LogP contribution in [0, 0.1) is 11.7 Å². The molecule has 2 aromatic carbocycles. The number of benzene rings is 2. The monoisotopic (exact) mass is 849 g/mol. The predicted molar refractivity (Wildman–Crippen MR) is 208 cm³/mol. The molecule has 3 heterocycles. The highest BCUT2D eigenvalue weighted by atomic mass is 35.5. The number of halogens is 3. The van der Waals surface area contributed by atoms with E-state index in [0.29, 0.717) is 30.4 Å². The van der Waals surface area contributed by atoms with Gasteiger partial charge in [0.15, 0.2) is 0 Å². The molecular weight excluding hydrogens is 804 g/mol. The number of nitrogens with one attached hydrogen (secondary N) is 3. The van der Waals surface area contributed by atoms with Gasteiger partial charge in [-0.15, -0.1) is 0 Å². The number of nitrogens with zero attached hydrogens (tertiary/aromatic N) is 2. The topological polar surface area (TPSA) is 181 Å². The number of ether oxygens (including phenoxy) is 2. The predicted octanol–water partition coefficient (Wildman–Crippen LogP) is 5.49. The van der Waals surface area contributed by atoms with Gasteiger partial charge in [0, 0.05) is 24.4 Å². The Hall–Kier alpha value is -4.41. The van der Waals surface area contributed by atoms with E-state index in [1.807, 2.05) is 6.08 Å². The minimum absolute atomic E-state index is 0.0253. The van der Waals surface area contributed by atoms with Crippen LogP contribution in [-0.4, -0.2) is 84.0 Å². The Bertz CT molecular complexity index is 2080. The maximum absolute atomic E-state index is 14.5. The fraction of sp³-hybridized carbons (Fsp3) is 0.513. The van der Waals surface area contributed by atoms with Crippen molar-refractivity contribution in [1.82, 2.24) is 25.2 Å². The highest BCUT2D eigenvalue weighted by Gasteiger charge is 2.61. The molecule has 14 nitrogen and oxygen atoms in total. The van der Waals surface area contributed by atoms with Gasteiger partial charge in [-0.25, -0.2) is 22.4 Å². The first-order valence-corrected chi connectivity index (χ1v) is 21.2. The highest BCUT2D eigenvalue weighted by molar-refractivity contribution is 7.89. The number of alkyl carbamates (subject to hydrolysis) is 1. The van der Waals surface area contributed by atoms with Gasteiger partial charge in [0.2, 0.25) is 21.8 Å². The summed E-state index contributed by atoms with van der Waals surface area (Å²) in [4.78, 5) is 71.6. The van der Waals surface area contributed by atoms with Crippen LogP contribution in [0.4, 0.5) is 14.0 Å². The van der Waals surface area contributed by atoms with E-state index < -0.39 is 86.7 Å². The van der Waals surface area contributed by atoms with E-state index in [1.54, 1.807) is 39.0 Å². The average Bonchev–Trinajstić information content (AvgIpc) is 3.40. The van der Waals surface area contributed by atoms with Crippen LogP contribution in [0.25, 0.3) is 0 Å². The maximum Gasteiger partial charge on any atom is 0.410 e. The first-order chi connectivity index (χ1) is 26.8. The first-order valence-electron chi connectivity index (χ1n) is 18.8. The van der Waals surface area contributed by atoms with Crippen molar-refractivity contribution in [3.63, 3.8) is 0 Å². The zero-order chi connectivity index (χ0) is 41.3. The molecule has 1 saturated carbocycles. The molecule has 3 aliphatic heterocycles. The van der Waals surface area contributed by atoms with E-state index in [0.717, 1.165) is 6.42 Å². The molecule has 2 fully saturated rings. The van der Waals surface area contributed by atoms with E-state index in [-0.39, 0.29) is 54.5 Å². The Kier molecular flexibility index (Phi) is 12.5. The molecular formula is C39H46Cl2FN5O9S. The molecule has 0 aromatic heterocycles. The van der Waals surface area contributed by atoms with Crippen molar-refractivity contribution in [3.05, 3.63) is 81.1 Å². The number of hydrogen-bond donors (Lipinski definition) is 3. The summed E-state index contributed by atoms with van der Waals surface area (Å²) < 4.78 is 54.4. The van der Waals surface area contributed by atoms with E-state index in [4.69, 9.17) is 32.7 Å². The van der Waals surface area contributed by atoms with Crippen LogP contribution in [-0.2, 0) is 52.7 Å². The molecule has 308 valence electrons. The number of hydrogen-bond acceptors (Lipinski definition) is 9. The largest absolute Gasteiger partial charge is 0.444 e. The summed E-state index contributed by atoms with van der Waals surface area (Å²) in [6, 6.07) is 6.44. The van der Waals surface area contributed by atoms with Crippen molar-refractivity contribution in [3.8, 4) is 0 Å². The van der Waals surface area contributed by atoms with E-state index >= 15 is 0 Å². The molecule has 18 heteroatoms. The molecule has 1 saturated heterocycles. The lowest BCUT2D eigenvalue weighted by Crippen LogP contribution is -2.58. The molecule has 1 aliphatic carbocycles. The summed E-state index contributed by atoms with van der Waals surface area (Å²) >= 11 is 12.1. The standard InChI is InChI=1S/C39H46Cl2FN5O9S/c1-38(2,3)56-36(51)43-31-13-8-6-4-5-7-11-25-18-39(25,35(50)45-57(53,54)22-23-14-15-28(40)29(41)16-23)44-33(48)32-17-26(20-47(32)34(31)49)55-37(52)46-19-24-10-9-12-30(42)27(24)21-46/h7,9-12,14-16,25-26,31-32H,4-6,8,13,17-22H2,1-3H3,(H,43,51)(H,44,48)(H,45,50)/b11-7-/t25-,26+,31-,32-,39+/m0/s1. The van der Waals surface area contributed by atoms with Crippen LogP contribution in [0.2, 0.25) is 10.0 Å². The summed E-state index contributed by atoms with van der Waals surface area (Å²) in [5.41, 5.74) is -1.26. The van der Waals surface area contributed by atoms with Crippen LogP contribution >= 0.6 is 23.2 Å². The quantitative estimate of drug-likeness (QED) is 0.317. The maximum atomic E-state index is 14.5. The van der Waals surface area contributed by atoms with Crippen molar-refractivity contribution in [2.24, 2.45) is 5.92 Å². The minimum Gasteiger partial charge on any atom is -0.444 e. The summed E-state index contributed by atoms with van der Waals surface area (Å²) in [6.45, 7) is 4.89. The molecule has 0 radical (unpaired) electrons. The van der Waals surface area contributed by atoms with E-state index in [1.165, 1.54) is 34.1 Å². The lowest BCUT2D eigenvalue weighted by molar-refractivity contribution is -0.141. The van der Waals surface area contributed by atoms with Gasteiger partial charge in [0.05, 0.1) is 28.9 Å². The smallest absolute Gasteiger partial charge is 0.410 e. The van der Waals surface area contributed by atoms with Crippen molar-refractivity contribution in [2.75, 3.05) is 6.54 Å². The van der Waals surface area contributed by atoms with Crippen LogP contribution in [0.3, 0.4) is 0 Å². The van der Waals surface area contributed by atoms with Crippen molar-refractivity contribution >= 4 is 63.1 Å². The first kappa shape index (κ1) is 42.2. The minimum atomic E-state index is -4.30. The average molecular weight is 851 g/mol. The van der Waals surface area contributed by atoms with Gasteiger partial charge in [0.1, 0.15) is 35.1 Å². The fourth-order valence-corrected chi connectivity index (χ4v) is 8.94. The third kappa shape index (κ3) is 10.2. The second-order valence-corrected chi connectivity index (χ2v) is 18.5.